The van der Waals surface area contributed by atoms with Gasteiger partial charge in [-0.15, -0.1) is 0 Å². The van der Waals surface area contributed by atoms with Gasteiger partial charge in [0.25, 0.3) is 0 Å². The number of imidazole rings is 2. The van der Waals surface area contributed by atoms with E-state index in [1.165, 1.54) is 0 Å². The predicted molar refractivity (Wildman–Crippen MR) is 276 cm³/mol. The minimum absolute atomic E-state index is 0.0627. The minimum atomic E-state index is -0.506. The molecule has 2 aliphatic carbocycles. The number of amides is 3. The number of fused-ring (bicyclic) bond motifs is 2. The van der Waals surface area contributed by atoms with Gasteiger partial charge in [-0.1, -0.05) is 0 Å². The lowest BCUT2D eigenvalue weighted by Crippen LogP contribution is -2.50. The van der Waals surface area contributed by atoms with E-state index >= 15 is 0 Å². The third-order valence-electron chi connectivity index (χ3n) is 14.6. The standard InChI is InChI=1S/C29H37N7O4.C24H29N7O2/c1-18(20-13-25(37)31-16-20)39-27-26-23(32-17-36(26)21-6-7-21)14-22(33-27)19-5-8-24(30-15-19)34-9-11-35(12-10-34)28(38)40-29(2,3)4;1-15(17-10-22(32)27-13-17)33-24-23-20(28-14-31(23)18-3-4-18)11-19(29-24)16-2-5-21(26-12-16)30-8-6-25-7-9-30/h5,8,14-15,17-18,20-21H,6-7,9-13,16H2,1-4H3,(H,31,37);2,5,11-12,14-15,17-18,25H,3-4,6-10,13H2,1H3,(H,27,32)/t18-,20-;15-,17-/m11/s1. The maximum atomic E-state index is 12.4. The van der Waals surface area contributed by atoms with Gasteiger partial charge in [0, 0.05) is 126 Å². The molecule has 4 atom stereocenters. The lowest BCUT2D eigenvalue weighted by atomic mass is 10.0. The first-order valence-corrected chi connectivity index (χ1v) is 26.0. The summed E-state index contributed by atoms with van der Waals surface area (Å²) in [6.45, 7) is 17.3. The summed E-state index contributed by atoms with van der Waals surface area (Å²) in [6.07, 6.45) is 12.4. The maximum Gasteiger partial charge on any atom is 0.410 e. The molecule has 0 radical (unpaired) electrons. The van der Waals surface area contributed by atoms with Gasteiger partial charge in [0.05, 0.1) is 35.1 Å². The fourth-order valence-corrected chi connectivity index (χ4v) is 10.0. The Hall–Kier alpha value is -7.09. The van der Waals surface area contributed by atoms with Crippen LogP contribution in [0, 0.1) is 11.8 Å². The Morgan fingerprint density at radius 3 is 1.51 bits per heavy atom. The zero-order valence-corrected chi connectivity index (χ0v) is 42.4. The summed E-state index contributed by atoms with van der Waals surface area (Å²) in [4.78, 5) is 70.8. The summed E-state index contributed by atoms with van der Waals surface area (Å²) in [7, 11) is 0. The molecule has 2 saturated carbocycles. The van der Waals surface area contributed by atoms with Gasteiger partial charge in [-0.2, -0.15) is 0 Å². The third-order valence-corrected chi connectivity index (χ3v) is 14.6. The normalized spacial score (nSPS) is 21.1. The van der Waals surface area contributed by atoms with Gasteiger partial charge < -0.3 is 54.0 Å². The van der Waals surface area contributed by atoms with E-state index < -0.39 is 5.60 Å². The summed E-state index contributed by atoms with van der Waals surface area (Å²) < 4.78 is 22.7. The number of hydrogen-bond acceptors (Lipinski definition) is 15. The van der Waals surface area contributed by atoms with Crippen molar-refractivity contribution < 1.29 is 28.6 Å². The lowest BCUT2D eigenvalue weighted by molar-refractivity contribution is -0.120. The molecule has 12 rings (SSSR count). The van der Waals surface area contributed by atoms with Crippen molar-refractivity contribution in [3.63, 3.8) is 0 Å². The van der Waals surface area contributed by atoms with Crippen molar-refractivity contribution in [1.29, 1.82) is 0 Å². The Labute approximate surface area is 424 Å². The summed E-state index contributed by atoms with van der Waals surface area (Å²) >= 11 is 0. The molecule has 10 heterocycles. The number of anilines is 2. The number of nitrogens with zero attached hydrogens (tertiary/aromatic N) is 11. The highest BCUT2D eigenvalue weighted by atomic mass is 16.6. The molecule has 0 unspecified atom stereocenters. The minimum Gasteiger partial charge on any atom is -0.473 e. The van der Waals surface area contributed by atoms with Crippen LogP contribution in [0.2, 0.25) is 0 Å². The van der Waals surface area contributed by atoms with E-state index in [9.17, 15) is 14.4 Å². The zero-order chi connectivity index (χ0) is 50.4. The molecular formula is C53H66N14O6. The first-order valence-electron chi connectivity index (χ1n) is 26.0. The Morgan fingerprint density at radius 1 is 0.644 bits per heavy atom. The number of carbonyl (C=O) groups is 3. The number of ether oxygens (including phenoxy) is 3. The highest BCUT2D eigenvalue weighted by molar-refractivity contribution is 5.86. The maximum absolute atomic E-state index is 12.4. The van der Waals surface area contributed by atoms with Crippen LogP contribution in [0.1, 0.15) is 85.2 Å². The topological polar surface area (TPSA) is 212 Å². The zero-order valence-electron chi connectivity index (χ0n) is 42.4. The van der Waals surface area contributed by atoms with Crippen LogP contribution >= 0.6 is 0 Å². The summed E-state index contributed by atoms with van der Waals surface area (Å²) in [5.74, 6) is 3.36. The monoisotopic (exact) mass is 995 g/mol. The van der Waals surface area contributed by atoms with Gasteiger partial charge in [0.1, 0.15) is 40.5 Å². The summed E-state index contributed by atoms with van der Waals surface area (Å²) in [5.41, 5.74) is 6.40. The van der Waals surface area contributed by atoms with E-state index in [1.807, 2.05) is 83.9 Å². The first-order chi connectivity index (χ1) is 35.3. The van der Waals surface area contributed by atoms with Crippen LogP contribution in [-0.4, -0.2) is 145 Å². The van der Waals surface area contributed by atoms with Gasteiger partial charge in [-0.25, -0.2) is 34.7 Å². The quantitative estimate of drug-likeness (QED) is 0.130. The third kappa shape index (κ3) is 10.8. The van der Waals surface area contributed by atoms with Gasteiger partial charge >= 0.3 is 6.09 Å². The average molecular weight is 995 g/mol. The molecule has 73 heavy (non-hydrogen) atoms. The number of hydrogen-bond donors (Lipinski definition) is 3. The summed E-state index contributed by atoms with van der Waals surface area (Å²) in [5, 5.41) is 9.18. The van der Waals surface area contributed by atoms with Crippen LogP contribution in [0.25, 0.3) is 44.6 Å². The molecule has 20 heteroatoms. The molecule has 6 aliphatic rings. The van der Waals surface area contributed by atoms with E-state index in [1.54, 1.807) is 4.90 Å². The predicted octanol–water partition coefficient (Wildman–Crippen LogP) is 5.93. The van der Waals surface area contributed by atoms with Crippen LogP contribution in [0.4, 0.5) is 16.4 Å². The molecule has 0 spiro atoms. The number of pyridine rings is 4. The number of aromatic nitrogens is 8. The Morgan fingerprint density at radius 2 is 1.11 bits per heavy atom. The average Bonchev–Trinajstić information content (AvgIpc) is 4.22. The second kappa shape index (κ2) is 20.1. The fraction of sp³-hybridized carbons (Fsp3) is 0.528. The van der Waals surface area contributed by atoms with E-state index in [0.29, 0.717) is 76.0 Å². The molecule has 6 aromatic heterocycles. The van der Waals surface area contributed by atoms with Crippen molar-refractivity contribution in [3.8, 4) is 34.3 Å². The first kappa shape index (κ1) is 48.2. The van der Waals surface area contributed by atoms with Crippen LogP contribution in [-0.2, 0) is 14.3 Å². The van der Waals surface area contributed by atoms with E-state index in [2.05, 4.69) is 57.0 Å². The molecular weight excluding hydrogens is 929 g/mol. The van der Waals surface area contributed by atoms with Crippen LogP contribution < -0.4 is 35.2 Å². The Kier molecular flexibility index (Phi) is 13.3. The van der Waals surface area contributed by atoms with Crippen molar-refractivity contribution in [1.82, 2.24) is 59.9 Å². The smallest absolute Gasteiger partial charge is 0.410 e. The highest BCUT2D eigenvalue weighted by Crippen LogP contribution is 2.42. The van der Waals surface area contributed by atoms with Crippen molar-refractivity contribution >= 4 is 51.6 Å². The van der Waals surface area contributed by atoms with Crippen LogP contribution in [0.15, 0.2) is 61.4 Å². The molecule has 384 valence electrons. The number of piperazine rings is 2. The van der Waals surface area contributed by atoms with E-state index in [-0.39, 0.29) is 42.0 Å². The van der Waals surface area contributed by atoms with Crippen molar-refractivity contribution in [2.24, 2.45) is 11.8 Å². The lowest BCUT2D eigenvalue weighted by Gasteiger charge is -2.36. The summed E-state index contributed by atoms with van der Waals surface area (Å²) in [6, 6.07) is 13.1. The van der Waals surface area contributed by atoms with Gasteiger partial charge in [-0.3, -0.25) is 9.59 Å². The second-order valence-electron chi connectivity index (χ2n) is 21.3. The van der Waals surface area contributed by atoms with Crippen molar-refractivity contribution in [2.75, 3.05) is 75.2 Å². The SMILES string of the molecule is C[C@@H](Oc1nc(-c2ccc(N3CCN(C(=O)OC(C)(C)C)CC3)nc2)cc2ncn(C3CC3)c12)[C@H]1CNC(=O)C1.C[C@@H](Oc1nc(-c2ccc(N3CCNCC3)nc2)cc2ncn(C3CC3)c12)[C@H]1CNC(=O)C1. The number of carbonyl (C=O) groups excluding carboxylic acids is 3. The molecule has 0 bridgehead atoms. The van der Waals surface area contributed by atoms with Crippen molar-refractivity contribution in [3.05, 3.63) is 61.4 Å². The highest BCUT2D eigenvalue weighted by Gasteiger charge is 2.34. The molecule has 20 nitrogen and oxygen atoms in total. The van der Waals surface area contributed by atoms with Crippen LogP contribution in [0.3, 0.4) is 0 Å². The molecule has 6 aromatic rings. The van der Waals surface area contributed by atoms with Gasteiger partial charge in [-0.05, 0) is 96.7 Å². The van der Waals surface area contributed by atoms with Crippen LogP contribution in [0.5, 0.6) is 11.8 Å². The fourth-order valence-electron chi connectivity index (χ4n) is 10.0. The van der Waals surface area contributed by atoms with Crippen molar-refractivity contribution in [2.45, 2.75) is 103 Å². The molecule has 4 saturated heterocycles. The molecule has 4 aliphatic heterocycles. The molecule has 3 amide bonds. The van der Waals surface area contributed by atoms with Gasteiger partial charge in [0.15, 0.2) is 0 Å². The Balaban J connectivity index is 0.000000160. The van der Waals surface area contributed by atoms with Gasteiger partial charge in [0.2, 0.25) is 23.6 Å². The molecule has 6 fully saturated rings. The Bertz CT molecular complexity index is 2970. The molecule has 0 aromatic carbocycles. The molecule has 3 N–H and O–H groups in total. The number of rotatable bonds is 12. The largest absolute Gasteiger partial charge is 0.473 e. The second-order valence-corrected chi connectivity index (χ2v) is 21.3. The van der Waals surface area contributed by atoms with E-state index in [0.717, 1.165) is 108 Å². The number of nitrogens with one attached hydrogen (secondary N) is 3. The van der Waals surface area contributed by atoms with E-state index in [4.69, 9.17) is 34.1 Å².